The molecule has 6 heteroatoms. The van der Waals surface area contributed by atoms with Gasteiger partial charge in [0.05, 0.1) is 19.3 Å². The lowest BCUT2D eigenvalue weighted by atomic mass is 10.3. The minimum absolute atomic E-state index is 0.139. The highest BCUT2D eigenvalue weighted by atomic mass is 16.5. The van der Waals surface area contributed by atoms with Gasteiger partial charge in [0.2, 0.25) is 0 Å². The summed E-state index contributed by atoms with van der Waals surface area (Å²) in [6, 6.07) is 0. The molecule has 0 amide bonds. The van der Waals surface area contributed by atoms with Gasteiger partial charge in [0, 0.05) is 5.57 Å². The van der Waals surface area contributed by atoms with Crippen molar-refractivity contribution in [1.29, 1.82) is 0 Å². The lowest BCUT2D eigenvalue weighted by Gasteiger charge is -2.07. The molecule has 0 rings (SSSR count). The first kappa shape index (κ1) is 17.4. The molecule has 16 heavy (non-hydrogen) atoms. The minimum Gasteiger partial charge on any atom is -0.460 e. The number of rotatable bonds is 5. The summed E-state index contributed by atoms with van der Waals surface area (Å²) in [7, 11) is 0. The molecule has 0 saturated carbocycles. The van der Waals surface area contributed by atoms with Crippen LogP contribution in [0.4, 0.5) is 0 Å². The summed E-state index contributed by atoms with van der Waals surface area (Å²) in [4.78, 5) is 10.6. The quantitative estimate of drug-likeness (QED) is 0.353. The summed E-state index contributed by atoms with van der Waals surface area (Å²) in [6.07, 6.45) is -1.56. The molecule has 0 fully saturated rings. The zero-order valence-electron chi connectivity index (χ0n) is 9.59. The fraction of sp³-hybridized carbons (Fsp3) is 0.700. The number of hydrogen-bond acceptors (Lipinski definition) is 6. The largest absolute Gasteiger partial charge is 0.460 e. The second kappa shape index (κ2) is 10.6. The number of aliphatic hydroxyl groups excluding tert-OH is 4. The van der Waals surface area contributed by atoms with Gasteiger partial charge in [-0.05, 0) is 13.8 Å². The number of esters is 1. The Morgan fingerprint density at radius 1 is 1.31 bits per heavy atom. The Hall–Kier alpha value is -0.950. The first-order valence-electron chi connectivity index (χ1n) is 4.75. The second-order valence-electron chi connectivity index (χ2n) is 3.25. The van der Waals surface area contributed by atoms with Gasteiger partial charge in [-0.15, -0.1) is 0 Å². The average molecular weight is 236 g/mol. The van der Waals surface area contributed by atoms with E-state index >= 15 is 0 Å². The second-order valence-corrected chi connectivity index (χ2v) is 3.25. The SMILES string of the molecule is C=C(C)C(=O)OCC(O)CO.CC(O)CO. The first-order chi connectivity index (χ1) is 7.34. The first-order valence-corrected chi connectivity index (χ1v) is 4.75. The van der Waals surface area contributed by atoms with Crippen molar-refractivity contribution in [1.82, 2.24) is 0 Å². The highest BCUT2D eigenvalue weighted by molar-refractivity contribution is 5.86. The normalized spacial score (nSPS) is 13.1. The van der Waals surface area contributed by atoms with Gasteiger partial charge in [-0.1, -0.05) is 6.58 Å². The molecule has 2 atom stereocenters. The third-order valence-electron chi connectivity index (χ3n) is 1.23. The zero-order chi connectivity index (χ0) is 13.1. The van der Waals surface area contributed by atoms with E-state index < -0.39 is 24.8 Å². The molecular weight excluding hydrogens is 216 g/mol. The van der Waals surface area contributed by atoms with Crippen LogP contribution in [0, 0.1) is 0 Å². The van der Waals surface area contributed by atoms with Gasteiger partial charge in [-0.25, -0.2) is 4.79 Å². The Bertz CT molecular complexity index is 201. The van der Waals surface area contributed by atoms with E-state index in [9.17, 15) is 4.79 Å². The lowest BCUT2D eigenvalue weighted by Crippen LogP contribution is -2.22. The Labute approximate surface area is 94.8 Å². The monoisotopic (exact) mass is 236 g/mol. The lowest BCUT2D eigenvalue weighted by molar-refractivity contribution is -0.142. The Morgan fingerprint density at radius 3 is 2.00 bits per heavy atom. The van der Waals surface area contributed by atoms with Crippen LogP contribution in [0.2, 0.25) is 0 Å². The number of hydrogen-bond donors (Lipinski definition) is 4. The van der Waals surface area contributed by atoms with E-state index in [2.05, 4.69) is 11.3 Å². The Kier molecular flexibility index (Phi) is 11.5. The third-order valence-corrected chi connectivity index (χ3v) is 1.23. The average Bonchev–Trinajstić information content (AvgIpc) is 2.25. The predicted octanol–water partition coefficient (Wildman–Crippen LogP) is -1.18. The van der Waals surface area contributed by atoms with E-state index in [4.69, 9.17) is 20.4 Å². The smallest absolute Gasteiger partial charge is 0.333 e. The van der Waals surface area contributed by atoms with Crippen molar-refractivity contribution in [3.05, 3.63) is 12.2 Å². The van der Waals surface area contributed by atoms with Gasteiger partial charge < -0.3 is 25.2 Å². The van der Waals surface area contributed by atoms with Crippen LogP contribution < -0.4 is 0 Å². The van der Waals surface area contributed by atoms with Crippen LogP contribution in [0.15, 0.2) is 12.2 Å². The molecular formula is C10H20O6. The Balaban J connectivity index is 0. The maximum absolute atomic E-state index is 10.6. The molecule has 0 spiro atoms. The molecule has 0 aromatic rings. The summed E-state index contributed by atoms with van der Waals surface area (Å²) in [6.45, 7) is 5.63. The van der Waals surface area contributed by atoms with Crippen molar-refractivity contribution in [2.75, 3.05) is 19.8 Å². The molecule has 2 unspecified atom stereocenters. The van der Waals surface area contributed by atoms with Crippen LogP contribution in [0.5, 0.6) is 0 Å². The van der Waals surface area contributed by atoms with E-state index in [0.29, 0.717) is 0 Å². The molecule has 4 N–H and O–H groups in total. The molecule has 0 aliphatic carbocycles. The fourth-order valence-corrected chi connectivity index (χ4v) is 0.348. The molecule has 0 aliphatic heterocycles. The van der Waals surface area contributed by atoms with Gasteiger partial charge in [0.1, 0.15) is 12.7 Å². The van der Waals surface area contributed by atoms with Crippen LogP contribution in [-0.2, 0) is 9.53 Å². The highest BCUT2D eigenvalue weighted by Crippen LogP contribution is 1.93. The molecule has 6 nitrogen and oxygen atoms in total. The number of carbonyl (C=O) groups excluding carboxylic acids is 1. The number of ether oxygens (including phenoxy) is 1. The summed E-state index contributed by atoms with van der Waals surface area (Å²) in [5.74, 6) is -0.558. The Morgan fingerprint density at radius 2 is 1.75 bits per heavy atom. The molecule has 0 radical (unpaired) electrons. The van der Waals surface area contributed by atoms with E-state index in [0.717, 1.165) is 0 Å². The summed E-state index contributed by atoms with van der Waals surface area (Å²) in [5.41, 5.74) is 0.273. The van der Waals surface area contributed by atoms with E-state index in [1.54, 1.807) is 0 Å². The summed E-state index contributed by atoms with van der Waals surface area (Å²) in [5, 5.41) is 33.1. The fourth-order valence-electron chi connectivity index (χ4n) is 0.348. The van der Waals surface area contributed by atoms with E-state index in [1.165, 1.54) is 13.8 Å². The maximum atomic E-state index is 10.6. The number of aliphatic hydroxyl groups is 4. The molecule has 0 saturated heterocycles. The molecule has 0 heterocycles. The van der Waals surface area contributed by atoms with Crippen molar-refractivity contribution < 1.29 is 30.0 Å². The predicted molar refractivity (Wildman–Crippen MR) is 57.6 cm³/mol. The molecule has 0 aromatic carbocycles. The summed E-state index contributed by atoms with van der Waals surface area (Å²) >= 11 is 0. The maximum Gasteiger partial charge on any atom is 0.333 e. The summed E-state index contributed by atoms with van der Waals surface area (Å²) < 4.78 is 4.51. The standard InChI is InChI=1S/C7H12O4.C3H8O2/c1-5(2)7(10)11-4-6(9)3-8;1-3(5)2-4/h6,8-9H,1,3-4H2,2H3;3-5H,2H2,1H3. The number of carbonyl (C=O) groups is 1. The van der Waals surface area contributed by atoms with Crippen molar-refractivity contribution in [2.45, 2.75) is 26.1 Å². The zero-order valence-corrected chi connectivity index (χ0v) is 9.59. The van der Waals surface area contributed by atoms with Crippen LogP contribution in [-0.4, -0.2) is 58.4 Å². The van der Waals surface area contributed by atoms with E-state index in [-0.39, 0.29) is 18.8 Å². The topological polar surface area (TPSA) is 107 Å². The van der Waals surface area contributed by atoms with Crippen molar-refractivity contribution in [3.63, 3.8) is 0 Å². The third kappa shape index (κ3) is 13.1. The minimum atomic E-state index is -1.00. The molecule has 0 aliphatic rings. The van der Waals surface area contributed by atoms with Crippen LogP contribution in [0.3, 0.4) is 0 Å². The molecule has 0 bridgehead atoms. The van der Waals surface area contributed by atoms with Crippen molar-refractivity contribution in [2.24, 2.45) is 0 Å². The van der Waals surface area contributed by atoms with E-state index in [1.807, 2.05) is 0 Å². The highest BCUT2D eigenvalue weighted by Gasteiger charge is 2.07. The van der Waals surface area contributed by atoms with Gasteiger partial charge >= 0.3 is 5.97 Å². The van der Waals surface area contributed by atoms with Gasteiger partial charge in [-0.3, -0.25) is 0 Å². The van der Waals surface area contributed by atoms with Crippen LogP contribution in [0.1, 0.15) is 13.8 Å². The van der Waals surface area contributed by atoms with Crippen LogP contribution in [0.25, 0.3) is 0 Å². The van der Waals surface area contributed by atoms with Crippen molar-refractivity contribution in [3.8, 4) is 0 Å². The van der Waals surface area contributed by atoms with Crippen LogP contribution >= 0.6 is 0 Å². The van der Waals surface area contributed by atoms with Gasteiger partial charge in [0.15, 0.2) is 0 Å². The molecule has 96 valence electrons. The van der Waals surface area contributed by atoms with Gasteiger partial charge in [0.25, 0.3) is 0 Å². The van der Waals surface area contributed by atoms with Crippen molar-refractivity contribution >= 4 is 5.97 Å². The molecule has 0 aromatic heterocycles. The van der Waals surface area contributed by atoms with Gasteiger partial charge in [-0.2, -0.15) is 0 Å².